The van der Waals surface area contributed by atoms with Gasteiger partial charge in [0.1, 0.15) is 0 Å². The first-order chi connectivity index (χ1) is 8.55. The molecule has 1 heterocycles. The van der Waals surface area contributed by atoms with Gasteiger partial charge in [0.25, 0.3) is 0 Å². The minimum atomic E-state index is -0.192. The zero-order valence-electron chi connectivity index (χ0n) is 11.1. The molecule has 0 aliphatic heterocycles. The summed E-state index contributed by atoms with van der Waals surface area (Å²) >= 11 is 0. The summed E-state index contributed by atoms with van der Waals surface area (Å²) in [4.78, 5) is 8.86. The molecule has 3 N–H and O–H groups in total. The summed E-state index contributed by atoms with van der Waals surface area (Å²) in [6.45, 7) is 6.92. The molecule has 2 aromatic rings. The standard InChI is InChI=1S/C14H20N4/c1-10(2)14(3,9-15)18-13-16-8-11-6-4-5-7-12(11)17-13/h4-8,10H,9,15H2,1-3H3,(H,16,17,18). The van der Waals surface area contributed by atoms with Gasteiger partial charge in [-0.25, -0.2) is 9.97 Å². The number of para-hydroxylation sites is 1. The average molecular weight is 244 g/mol. The lowest BCUT2D eigenvalue weighted by Gasteiger charge is -2.33. The van der Waals surface area contributed by atoms with Gasteiger partial charge in [0.05, 0.1) is 11.1 Å². The Morgan fingerprint density at radius 3 is 2.72 bits per heavy atom. The highest BCUT2D eigenvalue weighted by molar-refractivity contribution is 5.78. The summed E-state index contributed by atoms with van der Waals surface area (Å²) in [6, 6.07) is 7.95. The topological polar surface area (TPSA) is 63.8 Å². The Balaban J connectivity index is 2.31. The van der Waals surface area contributed by atoms with Crippen LogP contribution in [0.4, 0.5) is 5.95 Å². The zero-order valence-corrected chi connectivity index (χ0v) is 11.1. The predicted molar refractivity (Wildman–Crippen MR) is 75.5 cm³/mol. The highest BCUT2D eigenvalue weighted by atomic mass is 15.1. The van der Waals surface area contributed by atoms with Gasteiger partial charge in [-0.15, -0.1) is 0 Å². The van der Waals surface area contributed by atoms with Gasteiger partial charge in [0, 0.05) is 18.1 Å². The maximum Gasteiger partial charge on any atom is 0.223 e. The molecule has 0 aliphatic carbocycles. The Morgan fingerprint density at radius 1 is 1.33 bits per heavy atom. The molecule has 0 saturated carbocycles. The molecule has 0 spiro atoms. The fraction of sp³-hybridized carbons (Fsp3) is 0.429. The third-order valence-corrected chi connectivity index (χ3v) is 3.58. The first-order valence-electron chi connectivity index (χ1n) is 6.25. The number of aromatic nitrogens is 2. The SMILES string of the molecule is CC(C)C(C)(CN)Nc1ncc2ccccc2n1. The fourth-order valence-electron chi connectivity index (χ4n) is 1.72. The molecule has 0 fully saturated rings. The van der Waals surface area contributed by atoms with Gasteiger partial charge < -0.3 is 11.1 Å². The molecule has 1 aromatic carbocycles. The molecule has 18 heavy (non-hydrogen) atoms. The molecule has 1 unspecified atom stereocenters. The van der Waals surface area contributed by atoms with E-state index < -0.39 is 0 Å². The van der Waals surface area contributed by atoms with Crippen molar-refractivity contribution in [2.75, 3.05) is 11.9 Å². The van der Waals surface area contributed by atoms with Gasteiger partial charge in [-0.3, -0.25) is 0 Å². The zero-order chi connectivity index (χ0) is 13.2. The highest BCUT2D eigenvalue weighted by Crippen LogP contribution is 2.21. The highest BCUT2D eigenvalue weighted by Gasteiger charge is 2.27. The molecular weight excluding hydrogens is 224 g/mol. The van der Waals surface area contributed by atoms with Crippen LogP contribution in [0.5, 0.6) is 0 Å². The number of nitrogens with two attached hydrogens (primary N) is 1. The molecule has 0 bridgehead atoms. The van der Waals surface area contributed by atoms with Crippen LogP contribution in [0.1, 0.15) is 20.8 Å². The maximum absolute atomic E-state index is 5.85. The molecule has 0 radical (unpaired) electrons. The van der Waals surface area contributed by atoms with E-state index >= 15 is 0 Å². The summed E-state index contributed by atoms with van der Waals surface area (Å²) < 4.78 is 0. The van der Waals surface area contributed by atoms with E-state index in [9.17, 15) is 0 Å². The van der Waals surface area contributed by atoms with Gasteiger partial charge >= 0.3 is 0 Å². The quantitative estimate of drug-likeness (QED) is 0.867. The second kappa shape index (κ2) is 4.90. The Kier molecular flexibility index (Phi) is 3.48. The minimum Gasteiger partial charge on any atom is -0.348 e. The van der Waals surface area contributed by atoms with Crippen molar-refractivity contribution < 1.29 is 0 Å². The van der Waals surface area contributed by atoms with Crippen molar-refractivity contribution in [3.8, 4) is 0 Å². The predicted octanol–water partition coefficient (Wildman–Crippen LogP) is 2.42. The van der Waals surface area contributed by atoms with E-state index in [0.717, 1.165) is 10.9 Å². The monoisotopic (exact) mass is 244 g/mol. The normalized spacial score (nSPS) is 14.7. The van der Waals surface area contributed by atoms with Crippen LogP contribution < -0.4 is 11.1 Å². The Hall–Kier alpha value is -1.68. The molecule has 96 valence electrons. The van der Waals surface area contributed by atoms with Crippen LogP contribution in [-0.2, 0) is 0 Å². The Bertz CT molecular complexity index is 538. The van der Waals surface area contributed by atoms with E-state index in [-0.39, 0.29) is 5.54 Å². The first kappa shape index (κ1) is 12.8. The van der Waals surface area contributed by atoms with Crippen molar-refractivity contribution in [3.63, 3.8) is 0 Å². The number of fused-ring (bicyclic) bond motifs is 1. The molecule has 4 nitrogen and oxygen atoms in total. The smallest absolute Gasteiger partial charge is 0.223 e. The Morgan fingerprint density at radius 2 is 2.06 bits per heavy atom. The third-order valence-electron chi connectivity index (χ3n) is 3.58. The summed E-state index contributed by atoms with van der Waals surface area (Å²) in [5.74, 6) is 1.04. The van der Waals surface area contributed by atoms with E-state index in [1.165, 1.54) is 0 Å². The number of hydrogen-bond acceptors (Lipinski definition) is 4. The number of nitrogens with one attached hydrogen (secondary N) is 1. The van der Waals surface area contributed by atoms with Crippen LogP contribution in [0.2, 0.25) is 0 Å². The van der Waals surface area contributed by atoms with E-state index in [1.54, 1.807) is 0 Å². The first-order valence-corrected chi connectivity index (χ1v) is 6.25. The molecular formula is C14H20N4. The second-order valence-corrected chi connectivity index (χ2v) is 5.15. The van der Waals surface area contributed by atoms with Crippen molar-refractivity contribution in [2.24, 2.45) is 11.7 Å². The van der Waals surface area contributed by atoms with Crippen LogP contribution in [-0.4, -0.2) is 22.1 Å². The molecule has 1 aromatic heterocycles. The largest absolute Gasteiger partial charge is 0.348 e. The van der Waals surface area contributed by atoms with Gasteiger partial charge in [-0.1, -0.05) is 32.0 Å². The lowest BCUT2D eigenvalue weighted by molar-refractivity contribution is 0.380. The van der Waals surface area contributed by atoms with E-state index in [4.69, 9.17) is 5.73 Å². The molecule has 0 aliphatic rings. The van der Waals surface area contributed by atoms with Crippen LogP contribution in [0.25, 0.3) is 10.9 Å². The molecule has 4 heteroatoms. The Labute approximate surface area is 108 Å². The van der Waals surface area contributed by atoms with E-state index in [1.807, 2.05) is 30.5 Å². The fourth-order valence-corrected chi connectivity index (χ4v) is 1.72. The number of anilines is 1. The van der Waals surface area contributed by atoms with Crippen molar-refractivity contribution in [2.45, 2.75) is 26.3 Å². The van der Waals surface area contributed by atoms with Crippen LogP contribution in [0.15, 0.2) is 30.5 Å². The maximum atomic E-state index is 5.85. The molecule has 2 rings (SSSR count). The van der Waals surface area contributed by atoms with Gasteiger partial charge in [-0.05, 0) is 18.9 Å². The van der Waals surface area contributed by atoms with Crippen LogP contribution >= 0.6 is 0 Å². The minimum absolute atomic E-state index is 0.192. The summed E-state index contributed by atoms with van der Waals surface area (Å²) in [5.41, 5.74) is 6.60. The van der Waals surface area contributed by atoms with Crippen molar-refractivity contribution in [3.05, 3.63) is 30.5 Å². The summed E-state index contributed by atoms with van der Waals surface area (Å²) in [6.07, 6.45) is 1.84. The number of nitrogens with zero attached hydrogens (tertiary/aromatic N) is 2. The lowest BCUT2D eigenvalue weighted by atomic mass is 9.89. The van der Waals surface area contributed by atoms with Gasteiger partial charge in [-0.2, -0.15) is 0 Å². The number of hydrogen-bond donors (Lipinski definition) is 2. The van der Waals surface area contributed by atoms with Crippen molar-refractivity contribution in [1.29, 1.82) is 0 Å². The van der Waals surface area contributed by atoms with Crippen molar-refractivity contribution in [1.82, 2.24) is 9.97 Å². The molecule has 0 amide bonds. The van der Waals surface area contributed by atoms with Gasteiger partial charge in [0.2, 0.25) is 5.95 Å². The van der Waals surface area contributed by atoms with E-state index in [2.05, 4.69) is 36.1 Å². The van der Waals surface area contributed by atoms with Crippen LogP contribution in [0.3, 0.4) is 0 Å². The van der Waals surface area contributed by atoms with E-state index in [0.29, 0.717) is 18.4 Å². The second-order valence-electron chi connectivity index (χ2n) is 5.15. The average Bonchev–Trinajstić information content (AvgIpc) is 2.38. The molecule has 0 saturated heterocycles. The van der Waals surface area contributed by atoms with Crippen molar-refractivity contribution >= 4 is 16.9 Å². The van der Waals surface area contributed by atoms with Gasteiger partial charge in [0.15, 0.2) is 0 Å². The number of rotatable bonds is 4. The lowest BCUT2D eigenvalue weighted by Crippen LogP contribution is -2.47. The number of benzene rings is 1. The molecule has 1 atom stereocenters. The summed E-state index contributed by atoms with van der Waals surface area (Å²) in [7, 11) is 0. The van der Waals surface area contributed by atoms with Crippen LogP contribution in [0, 0.1) is 5.92 Å². The third kappa shape index (κ3) is 2.43. The summed E-state index contributed by atoms with van der Waals surface area (Å²) in [5, 5.41) is 4.39.